The molecule has 0 aliphatic heterocycles. The number of urea groups is 1. The van der Waals surface area contributed by atoms with E-state index in [2.05, 4.69) is 5.32 Å². The van der Waals surface area contributed by atoms with Crippen LogP contribution in [-0.2, 0) is 4.79 Å². The van der Waals surface area contributed by atoms with E-state index in [9.17, 15) is 9.59 Å². The average Bonchev–Trinajstić information content (AvgIpc) is 2.35. The number of aliphatic hydroxyl groups excluding tert-OH is 1. The number of carboxylic acids is 1. The molecule has 0 aromatic heterocycles. The first-order valence-corrected chi connectivity index (χ1v) is 7.26. The molecular formula is C14H28N2O4. The smallest absolute Gasteiger partial charge is 0.317 e. The van der Waals surface area contributed by atoms with E-state index in [1.807, 2.05) is 20.8 Å². The first kappa shape index (κ1) is 18.7. The highest BCUT2D eigenvalue weighted by atomic mass is 16.4. The molecule has 0 aliphatic rings. The van der Waals surface area contributed by atoms with Crippen molar-refractivity contribution in [2.24, 2.45) is 11.8 Å². The van der Waals surface area contributed by atoms with Crippen molar-refractivity contribution in [2.75, 3.05) is 26.2 Å². The molecule has 1 unspecified atom stereocenters. The standard InChI is InChI=1S/C14H28N2O4/c1-4-16(6-5-7-17)14(20)15-10-12(8-11(2)3)9-13(18)19/h11-12,17H,4-10H2,1-3H3,(H,15,20)(H,18,19). The Balaban J connectivity index is 4.28. The lowest BCUT2D eigenvalue weighted by molar-refractivity contribution is -0.138. The summed E-state index contributed by atoms with van der Waals surface area (Å²) >= 11 is 0. The van der Waals surface area contributed by atoms with Crippen LogP contribution >= 0.6 is 0 Å². The minimum Gasteiger partial charge on any atom is -0.481 e. The van der Waals surface area contributed by atoms with Crippen LogP contribution in [0.15, 0.2) is 0 Å². The van der Waals surface area contributed by atoms with Crippen LogP contribution in [0.4, 0.5) is 4.79 Å². The number of carbonyl (C=O) groups is 2. The van der Waals surface area contributed by atoms with Crippen molar-refractivity contribution in [2.45, 2.75) is 40.0 Å². The molecular weight excluding hydrogens is 260 g/mol. The van der Waals surface area contributed by atoms with Crippen LogP contribution in [0.3, 0.4) is 0 Å². The number of carboxylic acid groups (broad SMARTS) is 1. The molecule has 0 aromatic carbocycles. The Kier molecular flexibility index (Phi) is 9.80. The number of carbonyl (C=O) groups excluding carboxylic acids is 1. The van der Waals surface area contributed by atoms with E-state index in [0.29, 0.717) is 32.0 Å². The third-order valence-corrected chi connectivity index (χ3v) is 3.07. The van der Waals surface area contributed by atoms with Crippen molar-refractivity contribution in [1.29, 1.82) is 0 Å². The molecule has 0 fully saturated rings. The van der Waals surface area contributed by atoms with Crippen LogP contribution in [-0.4, -0.2) is 53.4 Å². The van der Waals surface area contributed by atoms with Gasteiger partial charge in [0.1, 0.15) is 0 Å². The highest BCUT2D eigenvalue weighted by molar-refractivity contribution is 5.74. The van der Waals surface area contributed by atoms with Gasteiger partial charge in [-0.15, -0.1) is 0 Å². The van der Waals surface area contributed by atoms with E-state index in [1.54, 1.807) is 4.90 Å². The van der Waals surface area contributed by atoms with Crippen LogP contribution < -0.4 is 5.32 Å². The monoisotopic (exact) mass is 288 g/mol. The summed E-state index contributed by atoms with van der Waals surface area (Å²) in [4.78, 5) is 24.4. The zero-order valence-electron chi connectivity index (χ0n) is 12.8. The molecule has 6 heteroatoms. The largest absolute Gasteiger partial charge is 0.481 e. The second-order valence-electron chi connectivity index (χ2n) is 5.44. The maximum atomic E-state index is 11.9. The van der Waals surface area contributed by atoms with Crippen LogP contribution in [0.1, 0.15) is 40.0 Å². The van der Waals surface area contributed by atoms with Gasteiger partial charge in [0.25, 0.3) is 0 Å². The lowest BCUT2D eigenvalue weighted by Gasteiger charge is -2.23. The summed E-state index contributed by atoms with van der Waals surface area (Å²) in [5.74, 6) is -0.488. The topological polar surface area (TPSA) is 89.9 Å². The molecule has 0 radical (unpaired) electrons. The minimum absolute atomic E-state index is 0.0482. The van der Waals surface area contributed by atoms with Crippen molar-refractivity contribution in [3.63, 3.8) is 0 Å². The fourth-order valence-electron chi connectivity index (χ4n) is 2.16. The van der Waals surface area contributed by atoms with Crippen LogP contribution in [0.2, 0.25) is 0 Å². The van der Waals surface area contributed by atoms with Gasteiger partial charge in [-0.25, -0.2) is 4.79 Å². The Bertz CT molecular complexity index is 295. The quantitative estimate of drug-likeness (QED) is 0.569. The number of rotatable bonds is 10. The maximum Gasteiger partial charge on any atom is 0.317 e. The predicted molar refractivity (Wildman–Crippen MR) is 77.5 cm³/mol. The Morgan fingerprint density at radius 3 is 2.40 bits per heavy atom. The zero-order valence-corrected chi connectivity index (χ0v) is 12.8. The molecule has 3 N–H and O–H groups in total. The first-order chi connectivity index (χ1) is 9.40. The number of nitrogens with one attached hydrogen (secondary N) is 1. The van der Waals surface area contributed by atoms with Gasteiger partial charge >= 0.3 is 12.0 Å². The number of aliphatic hydroxyl groups is 1. The molecule has 2 amide bonds. The summed E-state index contributed by atoms with van der Waals surface area (Å²) in [5, 5.41) is 20.5. The van der Waals surface area contributed by atoms with Crippen LogP contribution in [0.5, 0.6) is 0 Å². The van der Waals surface area contributed by atoms with E-state index >= 15 is 0 Å². The molecule has 0 heterocycles. The molecule has 0 aliphatic carbocycles. The summed E-state index contributed by atoms with van der Waals surface area (Å²) in [5.41, 5.74) is 0. The molecule has 0 rings (SSSR count). The molecule has 6 nitrogen and oxygen atoms in total. The van der Waals surface area contributed by atoms with E-state index in [0.717, 1.165) is 6.42 Å². The fraction of sp³-hybridized carbons (Fsp3) is 0.857. The number of nitrogens with zero attached hydrogens (tertiary/aromatic N) is 1. The fourth-order valence-corrected chi connectivity index (χ4v) is 2.16. The van der Waals surface area contributed by atoms with Gasteiger partial charge in [-0.1, -0.05) is 13.8 Å². The summed E-state index contributed by atoms with van der Waals surface area (Å²) in [6, 6.07) is -0.194. The third kappa shape index (κ3) is 8.74. The average molecular weight is 288 g/mol. The lowest BCUT2D eigenvalue weighted by atomic mass is 9.94. The molecule has 0 spiro atoms. The van der Waals surface area contributed by atoms with Gasteiger partial charge in [-0.05, 0) is 31.6 Å². The second kappa shape index (κ2) is 10.5. The highest BCUT2D eigenvalue weighted by Crippen LogP contribution is 2.14. The van der Waals surface area contributed by atoms with Gasteiger partial charge in [0.15, 0.2) is 0 Å². The van der Waals surface area contributed by atoms with E-state index in [-0.39, 0.29) is 25.0 Å². The van der Waals surface area contributed by atoms with Gasteiger partial charge in [0.2, 0.25) is 0 Å². The molecule has 20 heavy (non-hydrogen) atoms. The van der Waals surface area contributed by atoms with Crippen molar-refractivity contribution in [3.8, 4) is 0 Å². The lowest BCUT2D eigenvalue weighted by Crippen LogP contribution is -2.42. The second-order valence-corrected chi connectivity index (χ2v) is 5.44. The minimum atomic E-state index is -0.836. The van der Waals surface area contributed by atoms with Crippen molar-refractivity contribution in [1.82, 2.24) is 10.2 Å². The molecule has 0 aromatic rings. The summed E-state index contributed by atoms with van der Waals surface area (Å²) in [7, 11) is 0. The van der Waals surface area contributed by atoms with Gasteiger partial charge in [0, 0.05) is 32.7 Å². The van der Waals surface area contributed by atoms with Crippen molar-refractivity contribution < 1.29 is 19.8 Å². The maximum absolute atomic E-state index is 11.9. The van der Waals surface area contributed by atoms with E-state index in [4.69, 9.17) is 10.2 Å². The summed E-state index contributed by atoms with van der Waals surface area (Å²) < 4.78 is 0. The molecule has 0 saturated carbocycles. The Hall–Kier alpha value is -1.30. The molecule has 0 saturated heterocycles. The van der Waals surface area contributed by atoms with Crippen molar-refractivity contribution >= 4 is 12.0 Å². The van der Waals surface area contributed by atoms with E-state index < -0.39 is 5.97 Å². The van der Waals surface area contributed by atoms with Gasteiger partial charge in [0.05, 0.1) is 0 Å². The SMILES string of the molecule is CCN(CCCO)C(=O)NCC(CC(=O)O)CC(C)C. The predicted octanol–water partition coefficient (Wildman–Crippen LogP) is 1.54. The number of aliphatic carboxylic acids is 1. The highest BCUT2D eigenvalue weighted by Gasteiger charge is 2.17. The van der Waals surface area contributed by atoms with Crippen LogP contribution in [0, 0.1) is 11.8 Å². The Labute approximate surface area is 121 Å². The Morgan fingerprint density at radius 2 is 1.95 bits per heavy atom. The molecule has 1 atom stereocenters. The van der Waals surface area contributed by atoms with Gasteiger partial charge < -0.3 is 20.4 Å². The summed E-state index contributed by atoms with van der Waals surface area (Å²) in [6.45, 7) is 7.45. The third-order valence-electron chi connectivity index (χ3n) is 3.07. The summed E-state index contributed by atoms with van der Waals surface area (Å²) in [6.07, 6.45) is 1.39. The Morgan fingerprint density at radius 1 is 1.30 bits per heavy atom. The van der Waals surface area contributed by atoms with Crippen LogP contribution in [0.25, 0.3) is 0 Å². The number of hydrogen-bond acceptors (Lipinski definition) is 3. The van der Waals surface area contributed by atoms with Gasteiger partial charge in [-0.2, -0.15) is 0 Å². The normalized spacial score (nSPS) is 12.2. The molecule has 0 bridgehead atoms. The van der Waals surface area contributed by atoms with E-state index in [1.165, 1.54) is 0 Å². The van der Waals surface area contributed by atoms with Crippen molar-refractivity contribution in [3.05, 3.63) is 0 Å². The number of hydrogen-bond donors (Lipinski definition) is 3. The first-order valence-electron chi connectivity index (χ1n) is 7.26. The zero-order chi connectivity index (χ0) is 15.5. The number of amides is 2. The molecule has 118 valence electrons. The van der Waals surface area contributed by atoms with Gasteiger partial charge in [-0.3, -0.25) is 4.79 Å².